The average Bonchev–Trinajstić information content (AvgIpc) is 2.41. The van der Waals surface area contributed by atoms with Crippen molar-refractivity contribution in [3.8, 4) is 0 Å². The highest BCUT2D eigenvalue weighted by atomic mass is 16.7. The fourth-order valence-electron chi connectivity index (χ4n) is 2.34. The monoisotopic (exact) mass is 274 g/mol. The van der Waals surface area contributed by atoms with Crippen LogP contribution < -0.4 is 0 Å². The smallest absolute Gasteiger partial charge is 0.185 e. The van der Waals surface area contributed by atoms with Crippen LogP contribution in [0.25, 0.3) is 0 Å². The molecule has 0 radical (unpaired) electrons. The molecule has 1 saturated heterocycles. The van der Waals surface area contributed by atoms with Gasteiger partial charge in [-0.3, -0.25) is 0 Å². The van der Waals surface area contributed by atoms with Crippen molar-refractivity contribution in [2.24, 2.45) is 0 Å². The third kappa shape index (κ3) is 7.25. The Bertz CT molecular complexity index is 210. The zero-order valence-electron chi connectivity index (χ0n) is 12.2. The quantitative estimate of drug-likeness (QED) is 0.601. The molecule has 4 heteroatoms. The summed E-state index contributed by atoms with van der Waals surface area (Å²) in [5, 5.41) is 19.1. The van der Waals surface area contributed by atoms with Crippen LogP contribution in [0.4, 0.5) is 0 Å². The minimum absolute atomic E-state index is 0.459. The molecule has 4 nitrogen and oxygen atoms in total. The molecule has 1 heterocycles. The second kappa shape index (κ2) is 10.6. The molecule has 2 N–H and O–H groups in total. The Balaban J connectivity index is 1.90. The average molecular weight is 274 g/mol. The number of hydrogen-bond donors (Lipinski definition) is 2. The summed E-state index contributed by atoms with van der Waals surface area (Å²) < 4.78 is 10.8. The normalized spacial score (nSPS) is 27.6. The lowest BCUT2D eigenvalue weighted by molar-refractivity contribution is -0.242. The van der Waals surface area contributed by atoms with Crippen LogP contribution in [0.15, 0.2) is 0 Å². The van der Waals surface area contributed by atoms with Gasteiger partial charge in [-0.15, -0.1) is 0 Å². The van der Waals surface area contributed by atoms with Crippen molar-refractivity contribution >= 4 is 0 Å². The molecule has 1 fully saturated rings. The van der Waals surface area contributed by atoms with E-state index in [2.05, 4.69) is 6.92 Å². The molecule has 0 aliphatic carbocycles. The number of aliphatic hydroxyl groups is 2. The van der Waals surface area contributed by atoms with Crippen molar-refractivity contribution in [1.82, 2.24) is 0 Å². The summed E-state index contributed by atoms with van der Waals surface area (Å²) in [6, 6.07) is 0. The highest BCUT2D eigenvalue weighted by Crippen LogP contribution is 2.16. The lowest BCUT2D eigenvalue weighted by atomic mass is 10.1. The van der Waals surface area contributed by atoms with E-state index in [1.54, 1.807) is 0 Å². The lowest BCUT2D eigenvalue weighted by Crippen LogP contribution is -2.45. The van der Waals surface area contributed by atoms with Crippen LogP contribution >= 0.6 is 0 Å². The van der Waals surface area contributed by atoms with Crippen LogP contribution in [0.2, 0.25) is 0 Å². The molecule has 0 amide bonds. The first-order valence-corrected chi connectivity index (χ1v) is 7.85. The van der Waals surface area contributed by atoms with E-state index in [4.69, 9.17) is 9.47 Å². The van der Waals surface area contributed by atoms with Crippen LogP contribution in [0, 0.1) is 0 Å². The lowest BCUT2D eigenvalue weighted by Gasteiger charge is -2.31. The van der Waals surface area contributed by atoms with E-state index < -0.39 is 18.5 Å². The van der Waals surface area contributed by atoms with Gasteiger partial charge < -0.3 is 19.7 Å². The summed E-state index contributed by atoms with van der Waals surface area (Å²) in [6.45, 7) is 3.29. The first kappa shape index (κ1) is 16.9. The molecule has 0 bridgehead atoms. The number of aliphatic hydroxyl groups excluding tert-OH is 2. The standard InChI is InChI=1S/C15H30O4/c1-2-3-4-5-6-7-8-9-11-18-15-14(17)13(16)10-12-19-15/h13-17H,2-12H2,1H3/t13-,14?,15?/m0/s1. The van der Waals surface area contributed by atoms with Gasteiger partial charge in [0.1, 0.15) is 6.10 Å². The van der Waals surface area contributed by atoms with E-state index in [1.165, 1.54) is 38.5 Å². The van der Waals surface area contributed by atoms with Crippen LogP contribution in [0.3, 0.4) is 0 Å². The first-order valence-electron chi connectivity index (χ1n) is 7.85. The maximum absolute atomic E-state index is 9.66. The molecule has 19 heavy (non-hydrogen) atoms. The fraction of sp³-hybridized carbons (Fsp3) is 1.00. The molecule has 3 atom stereocenters. The van der Waals surface area contributed by atoms with E-state index in [0.29, 0.717) is 19.6 Å². The third-order valence-electron chi connectivity index (χ3n) is 3.65. The van der Waals surface area contributed by atoms with Gasteiger partial charge in [0.2, 0.25) is 0 Å². The Kier molecular flexibility index (Phi) is 9.43. The minimum Gasteiger partial charge on any atom is -0.390 e. The summed E-state index contributed by atoms with van der Waals surface area (Å²) in [6.07, 6.45) is 8.29. The Labute approximate surface area is 117 Å². The van der Waals surface area contributed by atoms with E-state index in [1.807, 2.05) is 0 Å². The Morgan fingerprint density at radius 1 is 1.00 bits per heavy atom. The number of hydrogen-bond acceptors (Lipinski definition) is 4. The van der Waals surface area contributed by atoms with Gasteiger partial charge in [0, 0.05) is 6.61 Å². The molecule has 2 unspecified atom stereocenters. The summed E-state index contributed by atoms with van der Waals surface area (Å²) in [5.41, 5.74) is 0. The molecule has 0 aromatic heterocycles. The van der Waals surface area contributed by atoms with Crippen LogP contribution in [0.1, 0.15) is 64.7 Å². The molecule has 1 rings (SSSR count). The molecule has 1 aliphatic heterocycles. The minimum atomic E-state index is -0.900. The zero-order chi connectivity index (χ0) is 13.9. The number of unbranched alkanes of at least 4 members (excludes halogenated alkanes) is 7. The SMILES string of the molecule is CCCCCCCCCCOC1OCC[C@H](O)C1O. The Morgan fingerprint density at radius 3 is 2.32 bits per heavy atom. The second-order valence-corrected chi connectivity index (χ2v) is 5.43. The van der Waals surface area contributed by atoms with Gasteiger partial charge in [-0.25, -0.2) is 0 Å². The summed E-state index contributed by atoms with van der Waals surface area (Å²) in [4.78, 5) is 0. The highest BCUT2D eigenvalue weighted by Gasteiger charge is 2.31. The number of ether oxygens (including phenoxy) is 2. The Hall–Kier alpha value is -0.160. The van der Waals surface area contributed by atoms with E-state index in [0.717, 1.165) is 12.8 Å². The van der Waals surface area contributed by atoms with Crippen molar-refractivity contribution < 1.29 is 19.7 Å². The molecule has 0 saturated carbocycles. The number of rotatable bonds is 10. The van der Waals surface area contributed by atoms with Gasteiger partial charge in [0.15, 0.2) is 6.29 Å². The molecule has 1 aliphatic rings. The van der Waals surface area contributed by atoms with Crippen molar-refractivity contribution in [3.63, 3.8) is 0 Å². The molecule has 0 spiro atoms. The van der Waals surface area contributed by atoms with Gasteiger partial charge >= 0.3 is 0 Å². The predicted octanol–water partition coefficient (Wildman–Crippen LogP) is 2.61. The summed E-state index contributed by atoms with van der Waals surface area (Å²) in [5.74, 6) is 0. The zero-order valence-corrected chi connectivity index (χ0v) is 12.2. The molecule has 114 valence electrons. The summed E-state index contributed by atoms with van der Waals surface area (Å²) >= 11 is 0. The highest BCUT2D eigenvalue weighted by molar-refractivity contribution is 4.75. The maximum atomic E-state index is 9.66. The maximum Gasteiger partial charge on any atom is 0.185 e. The van der Waals surface area contributed by atoms with Crippen molar-refractivity contribution in [2.75, 3.05) is 13.2 Å². The van der Waals surface area contributed by atoms with Gasteiger partial charge in [0.05, 0.1) is 12.7 Å². The van der Waals surface area contributed by atoms with Crippen LogP contribution in [-0.4, -0.2) is 41.9 Å². The Morgan fingerprint density at radius 2 is 1.63 bits per heavy atom. The van der Waals surface area contributed by atoms with E-state index in [-0.39, 0.29) is 0 Å². The van der Waals surface area contributed by atoms with Crippen molar-refractivity contribution in [3.05, 3.63) is 0 Å². The fourth-order valence-corrected chi connectivity index (χ4v) is 2.34. The van der Waals surface area contributed by atoms with Gasteiger partial charge in [-0.05, 0) is 12.8 Å². The van der Waals surface area contributed by atoms with Gasteiger partial charge in [-0.2, -0.15) is 0 Å². The van der Waals surface area contributed by atoms with Crippen LogP contribution in [-0.2, 0) is 9.47 Å². The van der Waals surface area contributed by atoms with Crippen LogP contribution in [0.5, 0.6) is 0 Å². The largest absolute Gasteiger partial charge is 0.390 e. The molecular weight excluding hydrogens is 244 g/mol. The van der Waals surface area contributed by atoms with Crippen molar-refractivity contribution in [2.45, 2.75) is 83.2 Å². The molecular formula is C15H30O4. The molecule has 0 aromatic carbocycles. The van der Waals surface area contributed by atoms with E-state index in [9.17, 15) is 10.2 Å². The van der Waals surface area contributed by atoms with Crippen molar-refractivity contribution in [1.29, 1.82) is 0 Å². The predicted molar refractivity (Wildman–Crippen MR) is 74.9 cm³/mol. The van der Waals surface area contributed by atoms with E-state index >= 15 is 0 Å². The first-order chi connectivity index (χ1) is 9.25. The van der Waals surface area contributed by atoms with Gasteiger partial charge in [0.25, 0.3) is 0 Å². The van der Waals surface area contributed by atoms with Gasteiger partial charge in [-0.1, -0.05) is 51.9 Å². The molecule has 0 aromatic rings. The summed E-state index contributed by atoms with van der Waals surface area (Å²) in [7, 11) is 0. The second-order valence-electron chi connectivity index (χ2n) is 5.43. The third-order valence-corrected chi connectivity index (χ3v) is 3.65. The topological polar surface area (TPSA) is 58.9 Å².